The lowest BCUT2D eigenvalue weighted by Crippen LogP contribution is -2.46. The van der Waals surface area contributed by atoms with E-state index in [4.69, 9.17) is 37.9 Å². The second-order valence-electron chi connectivity index (χ2n) is 21.2. The molecule has 0 saturated carbocycles. The van der Waals surface area contributed by atoms with E-state index in [2.05, 4.69) is 12.2 Å². The lowest BCUT2D eigenvalue weighted by atomic mass is 10.0. The Morgan fingerprint density at radius 3 is 0.750 bits per heavy atom. The zero-order chi connectivity index (χ0) is 57.4. The molecule has 84 heavy (non-hydrogen) atoms. The van der Waals surface area contributed by atoms with Gasteiger partial charge in [-0.2, -0.15) is 0 Å². The van der Waals surface area contributed by atoms with Crippen molar-refractivity contribution in [1.82, 2.24) is 9.80 Å². The molecule has 0 unspecified atom stereocenters. The highest BCUT2D eigenvalue weighted by Gasteiger charge is 2.54. The van der Waals surface area contributed by atoms with Crippen molar-refractivity contribution < 1.29 is 47.5 Å². The fourth-order valence-corrected chi connectivity index (χ4v) is 11.1. The molecule has 8 aromatic rings. The number of benzene rings is 8. The summed E-state index contributed by atoms with van der Waals surface area (Å²) in [7, 11) is 0. The molecule has 0 radical (unpaired) electrons. The number of amides is 2. The van der Waals surface area contributed by atoms with Gasteiger partial charge in [-0.25, -0.2) is 9.59 Å². The number of carbonyl (C=O) groups is 2. The first kappa shape index (κ1) is 59.0. The molecule has 2 aliphatic rings. The van der Waals surface area contributed by atoms with Crippen LogP contribution in [0, 0.1) is 0 Å². The average Bonchev–Trinajstić information content (AvgIpc) is 2.77. The lowest BCUT2D eigenvalue weighted by molar-refractivity contribution is -0.0863. The molecule has 0 aliphatic carbocycles. The van der Waals surface area contributed by atoms with Crippen molar-refractivity contribution in [2.45, 2.75) is 114 Å². The number of carbonyl (C=O) groups excluding carboxylic acids is 2. The van der Waals surface area contributed by atoms with Gasteiger partial charge in [0.15, 0.2) is 0 Å². The van der Waals surface area contributed by atoms with Crippen LogP contribution in [0.5, 0.6) is 0 Å². The molecule has 12 nitrogen and oxygen atoms in total. The second-order valence-corrected chi connectivity index (χ2v) is 21.2. The van der Waals surface area contributed by atoms with Crippen molar-refractivity contribution in [2.24, 2.45) is 0 Å². The fraction of sp³-hybridized carbons (Fsp3) is 0.278. The highest BCUT2D eigenvalue weighted by molar-refractivity contribution is 5.70. The van der Waals surface area contributed by atoms with E-state index in [1.165, 1.54) is 0 Å². The summed E-state index contributed by atoms with van der Waals surface area (Å²) in [4.78, 5) is 33.8. The van der Waals surface area contributed by atoms with Gasteiger partial charge in [0, 0.05) is 0 Å². The summed E-state index contributed by atoms with van der Waals surface area (Å²) >= 11 is 0. The highest BCUT2D eigenvalue weighted by atomic mass is 16.6. The Balaban J connectivity index is 1.00. The quantitative estimate of drug-likeness (QED) is 0.0439. The Labute approximate surface area is 494 Å². The third kappa shape index (κ3) is 16.8. The molecule has 8 aromatic carbocycles. The Morgan fingerprint density at radius 2 is 0.500 bits per heavy atom. The minimum Gasteiger partial charge on any atom is -0.445 e. The standard InChI is InChI=1S/C72H74N2O10/c75-71(83-51-61-39-21-7-22-40-61)73-63(67(79-47-57-31-13-3-14-32-57)69(81-49-59-35-17-5-18-36-59)65(73)53-77-45-55-27-9-1-10-28-55)43-25-26-44-64-68(80-48-58-33-15-4-16-34-58)70(82-50-60-37-19-6-20-38-60)66(54-78-46-56-29-11-2-12-30-56)74(64)72(76)84-52-62-41-23-8-24-42-62/h1-42,63-70H,43-54H2/b26-25+/t63-,64-,65+,66+,67-,68-,69+,70+/m0/s1. The van der Waals surface area contributed by atoms with E-state index in [1.807, 2.05) is 243 Å². The second kappa shape index (κ2) is 31.5. The van der Waals surface area contributed by atoms with E-state index in [9.17, 15) is 0 Å². The summed E-state index contributed by atoms with van der Waals surface area (Å²) in [6, 6.07) is 76.9. The van der Waals surface area contributed by atoms with Crippen LogP contribution >= 0.6 is 0 Å². The minimum atomic E-state index is -0.646. The molecule has 2 amide bonds. The maximum absolute atomic E-state index is 15.1. The van der Waals surface area contributed by atoms with Crippen molar-refractivity contribution >= 4 is 12.2 Å². The van der Waals surface area contributed by atoms with Crippen molar-refractivity contribution in [3.05, 3.63) is 299 Å². The molecule has 10 rings (SSSR count). The molecule has 432 valence electrons. The first-order chi connectivity index (χ1) is 41.5. The zero-order valence-corrected chi connectivity index (χ0v) is 47.3. The summed E-state index contributed by atoms with van der Waals surface area (Å²) < 4.78 is 53.7. The number of rotatable bonds is 28. The molecular formula is C72H74N2O10. The minimum absolute atomic E-state index is 0.0629. The maximum atomic E-state index is 15.1. The third-order valence-corrected chi connectivity index (χ3v) is 15.3. The molecule has 2 saturated heterocycles. The van der Waals surface area contributed by atoms with Crippen LogP contribution in [0.25, 0.3) is 0 Å². The van der Waals surface area contributed by atoms with Crippen molar-refractivity contribution in [3.63, 3.8) is 0 Å². The Kier molecular flexibility index (Phi) is 22.1. The maximum Gasteiger partial charge on any atom is 0.410 e. The van der Waals surface area contributed by atoms with Crippen LogP contribution in [-0.2, 0) is 90.7 Å². The van der Waals surface area contributed by atoms with Crippen LogP contribution in [0.1, 0.15) is 57.3 Å². The number of ether oxygens (including phenoxy) is 8. The fourth-order valence-electron chi connectivity index (χ4n) is 11.1. The molecule has 2 heterocycles. The highest BCUT2D eigenvalue weighted by Crippen LogP contribution is 2.38. The molecule has 0 N–H and O–H groups in total. The Bertz CT molecular complexity index is 2970. The first-order valence-electron chi connectivity index (χ1n) is 29.0. The van der Waals surface area contributed by atoms with E-state index in [0.29, 0.717) is 26.1 Å². The van der Waals surface area contributed by atoms with Crippen LogP contribution in [0.2, 0.25) is 0 Å². The number of hydrogen-bond donors (Lipinski definition) is 0. The van der Waals surface area contributed by atoms with E-state index < -0.39 is 60.8 Å². The van der Waals surface area contributed by atoms with Gasteiger partial charge in [-0.3, -0.25) is 9.80 Å². The predicted molar refractivity (Wildman–Crippen MR) is 323 cm³/mol. The zero-order valence-electron chi connectivity index (χ0n) is 47.3. The number of hydrogen-bond acceptors (Lipinski definition) is 10. The summed E-state index contributed by atoms with van der Waals surface area (Å²) in [6.07, 6.45) is 1.20. The van der Waals surface area contributed by atoms with Gasteiger partial charge in [0.2, 0.25) is 0 Å². The van der Waals surface area contributed by atoms with Crippen molar-refractivity contribution in [2.75, 3.05) is 13.2 Å². The van der Waals surface area contributed by atoms with Crippen LogP contribution in [0.15, 0.2) is 255 Å². The largest absolute Gasteiger partial charge is 0.445 e. The SMILES string of the molecule is O=C(OCc1ccccc1)N1[C@H](COCc2ccccc2)[C@@H](OCc2ccccc2)[C@@H](OCc2ccccc2)[C@@H]1C/C=C/C[C@H]1[C@H](OCc2ccccc2)[C@H](OCc2ccccc2)[C@@H](COCc2ccccc2)N1C(=O)OCc1ccccc1. The van der Waals surface area contributed by atoms with E-state index in [0.717, 1.165) is 44.5 Å². The lowest BCUT2D eigenvalue weighted by Gasteiger charge is -2.31. The predicted octanol–water partition coefficient (Wildman–Crippen LogP) is 13.9. The van der Waals surface area contributed by atoms with Gasteiger partial charge in [-0.05, 0) is 57.3 Å². The Hall–Kier alpha value is -8.20. The molecule has 0 bridgehead atoms. The first-order valence-corrected chi connectivity index (χ1v) is 29.0. The monoisotopic (exact) mass is 1130 g/mol. The number of likely N-dealkylation sites (tertiary alicyclic amines) is 2. The summed E-state index contributed by atoms with van der Waals surface area (Å²) in [6.45, 7) is 2.12. The van der Waals surface area contributed by atoms with Gasteiger partial charge in [0.05, 0.1) is 77.0 Å². The van der Waals surface area contributed by atoms with Crippen LogP contribution < -0.4 is 0 Å². The molecule has 2 fully saturated rings. The summed E-state index contributed by atoms with van der Waals surface area (Å²) in [5, 5.41) is 0. The van der Waals surface area contributed by atoms with Crippen LogP contribution in [-0.4, -0.2) is 83.8 Å². The smallest absolute Gasteiger partial charge is 0.410 e. The van der Waals surface area contributed by atoms with Gasteiger partial charge < -0.3 is 37.9 Å². The molecule has 12 heteroatoms. The van der Waals surface area contributed by atoms with E-state index in [-0.39, 0.29) is 52.9 Å². The van der Waals surface area contributed by atoms with E-state index >= 15 is 9.59 Å². The summed E-state index contributed by atoms with van der Waals surface area (Å²) in [5.74, 6) is 0. The van der Waals surface area contributed by atoms with E-state index in [1.54, 1.807) is 9.80 Å². The molecular weight excluding hydrogens is 1050 g/mol. The molecule has 0 spiro atoms. The molecule has 8 atom stereocenters. The molecule has 0 aromatic heterocycles. The van der Waals surface area contributed by atoms with Gasteiger partial charge in [0.1, 0.15) is 37.6 Å². The van der Waals surface area contributed by atoms with Gasteiger partial charge in [-0.1, -0.05) is 255 Å². The van der Waals surface area contributed by atoms with Crippen molar-refractivity contribution in [1.29, 1.82) is 0 Å². The number of nitrogens with zero attached hydrogens (tertiary/aromatic N) is 2. The average molecular weight is 1130 g/mol. The van der Waals surface area contributed by atoms with Crippen LogP contribution in [0.4, 0.5) is 9.59 Å². The van der Waals surface area contributed by atoms with Gasteiger partial charge in [0.25, 0.3) is 0 Å². The van der Waals surface area contributed by atoms with Crippen LogP contribution in [0.3, 0.4) is 0 Å². The van der Waals surface area contributed by atoms with Crippen molar-refractivity contribution in [3.8, 4) is 0 Å². The Morgan fingerprint density at radius 1 is 0.286 bits per heavy atom. The third-order valence-electron chi connectivity index (χ3n) is 15.3. The van der Waals surface area contributed by atoms with Gasteiger partial charge >= 0.3 is 12.2 Å². The summed E-state index contributed by atoms with van der Waals surface area (Å²) in [5.41, 5.74) is 7.62. The molecule has 2 aliphatic heterocycles. The normalized spacial score (nSPS) is 20.3. The topological polar surface area (TPSA) is 114 Å². The van der Waals surface area contributed by atoms with Gasteiger partial charge in [-0.15, -0.1) is 0 Å².